The van der Waals surface area contributed by atoms with Gasteiger partial charge in [-0.1, -0.05) is 19.1 Å². The van der Waals surface area contributed by atoms with Crippen LogP contribution in [0.5, 0.6) is 5.75 Å². The first-order valence-electron chi connectivity index (χ1n) is 6.39. The highest BCUT2D eigenvalue weighted by molar-refractivity contribution is 5.30. The van der Waals surface area contributed by atoms with Crippen LogP contribution in [0.1, 0.15) is 37.9 Å². The highest BCUT2D eigenvalue weighted by Crippen LogP contribution is 2.29. The van der Waals surface area contributed by atoms with Crippen LogP contribution < -0.4 is 10.5 Å². The lowest BCUT2D eigenvalue weighted by atomic mass is 9.98. The van der Waals surface area contributed by atoms with Gasteiger partial charge in [0, 0.05) is 12.6 Å². The van der Waals surface area contributed by atoms with E-state index in [1.54, 1.807) is 0 Å². The van der Waals surface area contributed by atoms with Crippen molar-refractivity contribution in [2.24, 2.45) is 5.73 Å². The Hall–Kier alpha value is -1.06. The first-order chi connectivity index (χ1) is 8.29. The lowest BCUT2D eigenvalue weighted by molar-refractivity contribution is 0.00654. The molecule has 0 radical (unpaired) electrons. The molecule has 3 heteroatoms. The molecule has 1 saturated heterocycles. The van der Waals surface area contributed by atoms with E-state index in [4.69, 9.17) is 15.2 Å². The second-order valence-corrected chi connectivity index (χ2v) is 4.56. The zero-order valence-electron chi connectivity index (χ0n) is 10.4. The SMILES string of the molecule is CCCOc1cccc(C2CC(N)CCO2)c1. The molecule has 1 aliphatic rings. The minimum Gasteiger partial charge on any atom is -0.494 e. The minimum absolute atomic E-state index is 0.129. The van der Waals surface area contributed by atoms with Crippen molar-refractivity contribution < 1.29 is 9.47 Å². The van der Waals surface area contributed by atoms with Gasteiger partial charge in [0.25, 0.3) is 0 Å². The van der Waals surface area contributed by atoms with E-state index in [1.165, 1.54) is 5.56 Å². The predicted molar refractivity (Wildman–Crippen MR) is 68.1 cm³/mol. The molecule has 1 aromatic carbocycles. The van der Waals surface area contributed by atoms with E-state index < -0.39 is 0 Å². The van der Waals surface area contributed by atoms with Crippen LogP contribution in [-0.2, 0) is 4.74 Å². The van der Waals surface area contributed by atoms with Crippen LogP contribution in [0, 0.1) is 0 Å². The van der Waals surface area contributed by atoms with E-state index in [0.29, 0.717) is 0 Å². The number of hydrogen-bond donors (Lipinski definition) is 1. The monoisotopic (exact) mass is 235 g/mol. The van der Waals surface area contributed by atoms with E-state index >= 15 is 0 Å². The van der Waals surface area contributed by atoms with Crippen LogP contribution in [0.15, 0.2) is 24.3 Å². The summed E-state index contributed by atoms with van der Waals surface area (Å²) in [6.07, 6.45) is 3.01. The van der Waals surface area contributed by atoms with Crippen molar-refractivity contribution in [1.82, 2.24) is 0 Å². The molecule has 2 atom stereocenters. The fourth-order valence-electron chi connectivity index (χ4n) is 2.08. The number of nitrogens with two attached hydrogens (primary N) is 1. The fraction of sp³-hybridized carbons (Fsp3) is 0.571. The Balaban J connectivity index is 2.04. The summed E-state index contributed by atoms with van der Waals surface area (Å²) in [6, 6.07) is 8.42. The summed E-state index contributed by atoms with van der Waals surface area (Å²) in [6.45, 7) is 3.62. The van der Waals surface area contributed by atoms with Crippen LogP contribution in [0.3, 0.4) is 0 Å². The number of ether oxygens (including phenoxy) is 2. The molecule has 0 aromatic heterocycles. The molecule has 1 fully saturated rings. The summed E-state index contributed by atoms with van der Waals surface area (Å²) in [7, 11) is 0. The predicted octanol–water partition coefficient (Wildman–Crippen LogP) is 2.65. The Kier molecular flexibility index (Phi) is 4.40. The molecule has 0 spiro atoms. The van der Waals surface area contributed by atoms with E-state index in [0.717, 1.165) is 38.2 Å². The largest absolute Gasteiger partial charge is 0.494 e. The molecule has 0 amide bonds. The summed E-state index contributed by atoms with van der Waals surface area (Å²) in [5.41, 5.74) is 7.14. The summed E-state index contributed by atoms with van der Waals surface area (Å²) < 4.78 is 11.4. The van der Waals surface area contributed by atoms with Gasteiger partial charge in [0.05, 0.1) is 12.7 Å². The molecule has 1 aromatic rings. The van der Waals surface area contributed by atoms with E-state index in [9.17, 15) is 0 Å². The van der Waals surface area contributed by atoms with Crippen molar-refractivity contribution in [1.29, 1.82) is 0 Å². The lowest BCUT2D eigenvalue weighted by Crippen LogP contribution is -2.30. The van der Waals surface area contributed by atoms with Gasteiger partial charge in [-0.3, -0.25) is 0 Å². The van der Waals surface area contributed by atoms with Crippen LogP contribution in [-0.4, -0.2) is 19.3 Å². The molecule has 0 aliphatic carbocycles. The fourth-order valence-corrected chi connectivity index (χ4v) is 2.08. The zero-order valence-corrected chi connectivity index (χ0v) is 10.4. The molecule has 0 bridgehead atoms. The van der Waals surface area contributed by atoms with E-state index in [2.05, 4.69) is 19.1 Å². The first-order valence-corrected chi connectivity index (χ1v) is 6.39. The molecule has 17 heavy (non-hydrogen) atoms. The van der Waals surface area contributed by atoms with Gasteiger partial charge in [-0.15, -0.1) is 0 Å². The quantitative estimate of drug-likeness (QED) is 0.872. The van der Waals surface area contributed by atoms with Gasteiger partial charge in [-0.2, -0.15) is 0 Å². The van der Waals surface area contributed by atoms with Gasteiger partial charge in [0.15, 0.2) is 0 Å². The molecule has 2 N–H and O–H groups in total. The Bertz CT molecular complexity index is 354. The first kappa shape index (κ1) is 12.4. The molecular formula is C14H21NO2. The van der Waals surface area contributed by atoms with Crippen LogP contribution >= 0.6 is 0 Å². The standard InChI is InChI=1S/C14H21NO2/c1-2-7-16-13-5-3-4-11(9-13)14-10-12(15)6-8-17-14/h3-5,9,12,14H,2,6-8,10,15H2,1H3. The Morgan fingerprint density at radius 2 is 2.35 bits per heavy atom. The third-order valence-electron chi connectivity index (χ3n) is 3.03. The van der Waals surface area contributed by atoms with Gasteiger partial charge < -0.3 is 15.2 Å². The summed E-state index contributed by atoms with van der Waals surface area (Å²) in [5, 5.41) is 0. The Labute approximate surface area is 103 Å². The molecule has 2 unspecified atom stereocenters. The summed E-state index contributed by atoms with van der Waals surface area (Å²) in [5.74, 6) is 0.923. The van der Waals surface area contributed by atoms with Gasteiger partial charge >= 0.3 is 0 Å². The van der Waals surface area contributed by atoms with Gasteiger partial charge in [-0.25, -0.2) is 0 Å². The van der Waals surface area contributed by atoms with E-state index in [1.807, 2.05) is 12.1 Å². The van der Waals surface area contributed by atoms with Gasteiger partial charge in [0.2, 0.25) is 0 Å². The average molecular weight is 235 g/mol. The highest BCUT2D eigenvalue weighted by Gasteiger charge is 2.21. The molecule has 1 aliphatic heterocycles. The van der Waals surface area contributed by atoms with Crippen molar-refractivity contribution in [3.63, 3.8) is 0 Å². The Morgan fingerprint density at radius 3 is 3.12 bits per heavy atom. The lowest BCUT2D eigenvalue weighted by Gasteiger charge is -2.27. The van der Waals surface area contributed by atoms with Crippen LogP contribution in [0.4, 0.5) is 0 Å². The number of rotatable bonds is 4. The maximum atomic E-state index is 5.97. The minimum atomic E-state index is 0.129. The smallest absolute Gasteiger partial charge is 0.119 e. The molecule has 3 nitrogen and oxygen atoms in total. The summed E-state index contributed by atoms with van der Waals surface area (Å²) in [4.78, 5) is 0. The van der Waals surface area contributed by atoms with Crippen LogP contribution in [0.2, 0.25) is 0 Å². The van der Waals surface area contributed by atoms with Crippen molar-refractivity contribution in [2.45, 2.75) is 38.3 Å². The second kappa shape index (κ2) is 6.03. The second-order valence-electron chi connectivity index (χ2n) is 4.56. The highest BCUT2D eigenvalue weighted by atomic mass is 16.5. The normalized spacial score (nSPS) is 24.6. The molecule has 94 valence electrons. The van der Waals surface area contributed by atoms with Gasteiger partial charge in [0.1, 0.15) is 5.75 Å². The molecule has 2 rings (SSSR count). The van der Waals surface area contributed by atoms with Gasteiger partial charge in [-0.05, 0) is 37.0 Å². The number of benzene rings is 1. The number of hydrogen-bond acceptors (Lipinski definition) is 3. The van der Waals surface area contributed by atoms with Crippen molar-refractivity contribution in [2.75, 3.05) is 13.2 Å². The van der Waals surface area contributed by atoms with E-state index in [-0.39, 0.29) is 12.1 Å². The van der Waals surface area contributed by atoms with Crippen LogP contribution in [0.25, 0.3) is 0 Å². The third kappa shape index (κ3) is 3.45. The molecule has 1 heterocycles. The van der Waals surface area contributed by atoms with Crippen molar-refractivity contribution >= 4 is 0 Å². The summed E-state index contributed by atoms with van der Waals surface area (Å²) >= 11 is 0. The third-order valence-corrected chi connectivity index (χ3v) is 3.03. The average Bonchev–Trinajstić information content (AvgIpc) is 2.37. The maximum Gasteiger partial charge on any atom is 0.119 e. The molecular weight excluding hydrogens is 214 g/mol. The van der Waals surface area contributed by atoms with Crippen molar-refractivity contribution in [3.05, 3.63) is 29.8 Å². The molecule has 0 saturated carbocycles. The maximum absolute atomic E-state index is 5.97. The topological polar surface area (TPSA) is 44.5 Å². The zero-order chi connectivity index (χ0) is 12.1. The van der Waals surface area contributed by atoms with Crippen molar-refractivity contribution in [3.8, 4) is 5.75 Å². The Morgan fingerprint density at radius 1 is 1.47 bits per heavy atom.